The van der Waals surface area contributed by atoms with E-state index in [1.165, 1.54) is 0 Å². The van der Waals surface area contributed by atoms with Gasteiger partial charge in [-0.15, -0.1) is 22.7 Å². The van der Waals surface area contributed by atoms with Gasteiger partial charge in [0.05, 0.1) is 0 Å². The van der Waals surface area contributed by atoms with Crippen LogP contribution in [0.5, 0.6) is 0 Å². The van der Waals surface area contributed by atoms with Crippen molar-refractivity contribution in [3.63, 3.8) is 0 Å². The van der Waals surface area contributed by atoms with Crippen LogP contribution in [0.25, 0.3) is 20.2 Å². The number of benzene rings is 2. The molecule has 4 aromatic rings. The molecule has 0 fully saturated rings. The maximum absolute atomic E-state index is 12.5. The first-order chi connectivity index (χ1) is 15.2. The van der Waals surface area contributed by atoms with Crippen LogP contribution in [-0.4, -0.2) is 23.8 Å². The second-order valence-electron chi connectivity index (χ2n) is 7.19. The van der Waals surface area contributed by atoms with Crippen molar-refractivity contribution in [3.8, 4) is 0 Å². The molecule has 0 radical (unpaired) electrons. The van der Waals surface area contributed by atoms with E-state index in [2.05, 4.69) is 24.3 Å². The number of cyclic esters (lactones) is 1. The lowest BCUT2D eigenvalue weighted by atomic mass is 10.1. The summed E-state index contributed by atoms with van der Waals surface area (Å²) in [6.45, 7) is 0.410. The molecule has 31 heavy (non-hydrogen) atoms. The van der Waals surface area contributed by atoms with Crippen molar-refractivity contribution >= 4 is 48.8 Å². The van der Waals surface area contributed by atoms with E-state index in [-0.39, 0.29) is 25.4 Å². The average molecular weight is 453 g/mol. The molecule has 1 aliphatic heterocycles. The summed E-state index contributed by atoms with van der Waals surface area (Å²) in [6.07, 6.45) is -0.384. The van der Waals surface area contributed by atoms with Crippen molar-refractivity contribution in [2.24, 2.45) is 0 Å². The molecule has 5 nitrogen and oxygen atoms in total. The molecule has 2 aromatic heterocycles. The molecule has 0 aliphatic carbocycles. The largest absolute Gasteiger partial charge is 0.485 e. The van der Waals surface area contributed by atoms with Crippen molar-refractivity contribution < 1.29 is 24.1 Å². The van der Waals surface area contributed by atoms with Crippen molar-refractivity contribution in [2.75, 3.05) is 6.61 Å². The van der Waals surface area contributed by atoms with Crippen LogP contribution >= 0.6 is 22.7 Å². The smallest absolute Gasteiger partial charge is 0.378 e. The Kier molecular flexibility index (Phi) is 5.63. The SMILES string of the molecule is O=C1OC(CCO)C(OCc2cccc3ccsc23)=C1OCc1cccc2ccsc12. The van der Waals surface area contributed by atoms with Gasteiger partial charge >= 0.3 is 5.97 Å². The highest BCUT2D eigenvalue weighted by Gasteiger charge is 2.37. The van der Waals surface area contributed by atoms with Crippen LogP contribution in [0, 0.1) is 0 Å². The minimum absolute atomic E-state index is 0.0883. The topological polar surface area (TPSA) is 65.0 Å². The number of carbonyl (C=O) groups excluding carboxylic acids is 1. The molecule has 0 amide bonds. The summed E-state index contributed by atoms with van der Waals surface area (Å²) in [5.74, 6) is -0.113. The van der Waals surface area contributed by atoms with Crippen molar-refractivity contribution in [1.82, 2.24) is 0 Å². The van der Waals surface area contributed by atoms with Gasteiger partial charge in [-0.2, -0.15) is 0 Å². The maximum atomic E-state index is 12.5. The normalized spacial score (nSPS) is 16.3. The van der Waals surface area contributed by atoms with Gasteiger partial charge in [0.25, 0.3) is 0 Å². The van der Waals surface area contributed by atoms with E-state index in [4.69, 9.17) is 14.2 Å². The Morgan fingerprint density at radius 2 is 1.48 bits per heavy atom. The van der Waals surface area contributed by atoms with E-state index in [1.54, 1.807) is 22.7 Å². The maximum Gasteiger partial charge on any atom is 0.378 e. The molecule has 3 heterocycles. The van der Waals surface area contributed by atoms with Crippen LogP contribution in [0.15, 0.2) is 70.8 Å². The molecule has 0 bridgehead atoms. The number of esters is 1. The van der Waals surface area contributed by atoms with Crippen molar-refractivity contribution in [2.45, 2.75) is 25.7 Å². The molecule has 2 aromatic carbocycles. The standard InChI is InChI=1S/C24H20O5S2/c25-10-7-19-20(27-13-17-5-1-3-15-8-11-30-22(15)17)21(24(26)29-19)28-14-18-6-2-4-16-9-12-31-23(16)18/h1-6,8-9,11-12,19,25H,7,10,13-14H2. The number of rotatable bonds is 8. The summed E-state index contributed by atoms with van der Waals surface area (Å²) < 4.78 is 19.7. The summed E-state index contributed by atoms with van der Waals surface area (Å²) >= 11 is 3.29. The fraction of sp³-hybridized carbons (Fsp3) is 0.208. The molecular formula is C24H20O5S2. The molecule has 5 rings (SSSR count). The Balaban J connectivity index is 1.40. The average Bonchev–Trinajstić information content (AvgIpc) is 3.50. The Bertz CT molecular complexity index is 1270. The molecule has 0 saturated heterocycles. The summed E-state index contributed by atoms with van der Waals surface area (Å²) in [5, 5.41) is 15.8. The molecule has 1 N–H and O–H groups in total. The van der Waals surface area contributed by atoms with Crippen LogP contribution in [0.4, 0.5) is 0 Å². The van der Waals surface area contributed by atoms with Crippen LogP contribution in [0.1, 0.15) is 17.5 Å². The van der Waals surface area contributed by atoms with Crippen molar-refractivity contribution in [1.29, 1.82) is 0 Å². The molecular weight excluding hydrogens is 432 g/mol. The number of thiophene rings is 2. The van der Waals surface area contributed by atoms with Gasteiger partial charge < -0.3 is 19.3 Å². The Hall–Kier alpha value is -2.87. The number of carbonyl (C=O) groups is 1. The number of hydrogen-bond acceptors (Lipinski definition) is 7. The number of hydrogen-bond donors (Lipinski definition) is 1. The predicted molar refractivity (Wildman–Crippen MR) is 122 cm³/mol. The highest BCUT2D eigenvalue weighted by molar-refractivity contribution is 7.17. The van der Waals surface area contributed by atoms with Crippen LogP contribution in [0.3, 0.4) is 0 Å². The van der Waals surface area contributed by atoms with Crippen LogP contribution in [-0.2, 0) is 32.2 Å². The Labute approximate surface area is 187 Å². The first-order valence-electron chi connectivity index (χ1n) is 9.96. The van der Waals surface area contributed by atoms with Crippen LogP contribution in [0.2, 0.25) is 0 Å². The molecule has 1 unspecified atom stereocenters. The van der Waals surface area contributed by atoms with E-state index >= 15 is 0 Å². The first-order valence-corrected chi connectivity index (χ1v) is 11.7. The summed E-state index contributed by atoms with van der Waals surface area (Å²) in [7, 11) is 0. The fourth-order valence-corrected chi connectivity index (χ4v) is 5.52. The zero-order valence-corrected chi connectivity index (χ0v) is 18.2. The molecule has 1 atom stereocenters. The second kappa shape index (κ2) is 8.70. The van der Waals surface area contributed by atoms with E-state index < -0.39 is 12.1 Å². The third-order valence-electron chi connectivity index (χ3n) is 5.22. The first kappa shape index (κ1) is 20.1. The van der Waals surface area contributed by atoms with Gasteiger partial charge in [0, 0.05) is 33.6 Å². The third-order valence-corrected chi connectivity index (χ3v) is 7.23. The van der Waals surface area contributed by atoms with E-state index in [9.17, 15) is 9.90 Å². The zero-order valence-electron chi connectivity index (χ0n) is 16.6. The summed E-state index contributed by atoms with van der Waals surface area (Å²) in [6, 6.07) is 16.2. The van der Waals surface area contributed by atoms with Gasteiger partial charge in [-0.1, -0.05) is 36.4 Å². The number of fused-ring (bicyclic) bond motifs is 2. The molecule has 1 aliphatic rings. The summed E-state index contributed by atoms with van der Waals surface area (Å²) in [5.41, 5.74) is 2.03. The predicted octanol–water partition coefficient (Wildman–Crippen LogP) is 5.37. The number of ether oxygens (including phenoxy) is 3. The van der Waals surface area contributed by atoms with Crippen LogP contribution < -0.4 is 0 Å². The Morgan fingerprint density at radius 3 is 2.10 bits per heavy atom. The monoisotopic (exact) mass is 452 g/mol. The van der Waals surface area contributed by atoms with E-state index in [0.717, 1.165) is 31.3 Å². The molecule has 158 valence electrons. The number of aliphatic hydroxyl groups is 1. The van der Waals surface area contributed by atoms with Gasteiger partial charge in [-0.25, -0.2) is 4.79 Å². The van der Waals surface area contributed by atoms with Gasteiger partial charge in [-0.05, 0) is 33.7 Å². The minimum Gasteiger partial charge on any atom is -0.485 e. The summed E-state index contributed by atoms with van der Waals surface area (Å²) in [4.78, 5) is 12.5. The third kappa shape index (κ3) is 3.92. The highest BCUT2D eigenvalue weighted by Crippen LogP contribution is 2.32. The lowest BCUT2D eigenvalue weighted by Crippen LogP contribution is -2.15. The quantitative estimate of drug-likeness (QED) is 0.364. The fourth-order valence-electron chi connectivity index (χ4n) is 3.72. The molecule has 7 heteroatoms. The molecule has 0 saturated carbocycles. The van der Waals surface area contributed by atoms with Gasteiger partial charge in [0.1, 0.15) is 13.2 Å². The highest BCUT2D eigenvalue weighted by atomic mass is 32.1. The van der Waals surface area contributed by atoms with Gasteiger partial charge in [0.2, 0.25) is 5.76 Å². The Morgan fingerprint density at radius 1 is 0.871 bits per heavy atom. The zero-order chi connectivity index (χ0) is 21.2. The van der Waals surface area contributed by atoms with E-state index in [0.29, 0.717) is 12.4 Å². The lowest BCUT2D eigenvalue weighted by molar-refractivity contribution is -0.143. The van der Waals surface area contributed by atoms with Gasteiger partial charge in [-0.3, -0.25) is 0 Å². The minimum atomic E-state index is -0.646. The van der Waals surface area contributed by atoms with E-state index in [1.807, 2.05) is 35.0 Å². The van der Waals surface area contributed by atoms with Crippen molar-refractivity contribution in [3.05, 3.63) is 81.9 Å². The molecule has 0 spiro atoms. The number of aliphatic hydroxyl groups excluding tert-OH is 1. The van der Waals surface area contributed by atoms with Gasteiger partial charge in [0.15, 0.2) is 11.9 Å². The second-order valence-corrected chi connectivity index (χ2v) is 9.02. The lowest BCUT2D eigenvalue weighted by Gasteiger charge is -2.14.